The van der Waals surface area contributed by atoms with Crippen molar-refractivity contribution in [1.82, 2.24) is 4.98 Å². The van der Waals surface area contributed by atoms with E-state index in [0.717, 1.165) is 29.0 Å². The Kier molecular flexibility index (Phi) is 5.46. The third kappa shape index (κ3) is 4.06. The molecule has 0 unspecified atom stereocenters. The van der Waals surface area contributed by atoms with Crippen LogP contribution in [0.15, 0.2) is 54.6 Å². The van der Waals surface area contributed by atoms with Crippen LogP contribution < -0.4 is 10.1 Å². The molecule has 0 radical (unpaired) electrons. The van der Waals surface area contributed by atoms with Gasteiger partial charge in [0.15, 0.2) is 5.13 Å². The van der Waals surface area contributed by atoms with Gasteiger partial charge < -0.3 is 10.1 Å². The topological polar surface area (TPSA) is 51.2 Å². The highest BCUT2D eigenvalue weighted by atomic mass is 32.1. The van der Waals surface area contributed by atoms with Gasteiger partial charge in [0.2, 0.25) is 5.91 Å². The van der Waals surface area contributed by atoms with Gasteiger partial charge in [-0.2, -0.15) is 0 Å². The van der Waals surface area contributed by atoms with Gasteiger partial charge in [0, 0.05) is 16.0 Å². The largest absolute Gasteiger partial charge is 0.496 e. The number of hydrogen-bond donors (Lipinski definition) is 1. The zero-order chi connectivity index (χ0) is 17.6. The van der Waals surface area contributed by atoms with E-state index in [1.807, 2.05) is 54.6 Å². The molecule has 25 heavy (non-hydrogen) atoms. The van der Waals surface area contributed by atoms with E-state index in [4.69, 9.17) is 4.74 Å². The van der Waals surface area contributed by atoms with Crippen molar-refractivity contribution in [2.75, 3.05) is 12.4 Å². The number of amides is 1. The molecule has 3 aromatic rings. The van der Waals surface area contributed by atoms with E-state index in [9.17, 15) is 4.79 Å². The Morgan fingerprint density at radius 3 is 2.56 bits per heavy atom. The summed E-state index contributed by atoms with van der Waals surface area (Å²) in [6.07, 6.45) is 1.13. The number of carbonyl (C=O) groups excluding carboxylic acids is 1. The van der Waals surface area contributed by atoms with Gasteiger partial charge in [-0.1, -0.05) is 55.5 Å². The molecule has 1 aromatic heterocycles. The van der Waals surface area contributed by atoms with Crippen LogP contribution in [0.4, 0.5) is 5.13 Å². The molecular weight excluding hydrogens is 332 g/mol. The quantitative estimate of drug-likeness (QED) is 0.707. The van der Waals surface area contributed by atoms with Crippen molar-refractivity contribution in [3.63, 3.8) is 0 Å². The molecule has 0 saturated heterocycles. The van der Waals surface area contributed by atoms with E-state index in [1.54, 1.807) is 7.11 Å². The molecule has 5 heteroatoms. The van der Waals surface area contributed by atoms with Crippen LogP contribution >= 0.6 is 11.3 Å². The summed E-state index contributed by atoms with van der Waals surface area (Å²) in [6.45, 7) is 2.10. The summed E-state index contributed by atoms with van der Waals surface area (Å²) in [6, 6.07) is 17.6. The Hall–Kier alpha value is -2.66. The minimum Gasteiger partial charge on any atom is -0.496 e. The highest BCUT2D eigenvalue weighted by Crippen LogP contribution is 2.31. The van der Waals surface area contributed by atoms with Crippen molar-refractivity contribution in [3.05, 3.63) is 65.0 Å². The number of thiazole rings is 1. The Morgan fingerprint density at radius 2 is 1.84 bits per heavy atom. The average Bonchev–Trinajstić information content (AvgIpc) is 3.05. The fourth-order valence-corrected chi connectivity index (χ4v) is 3.59. The first-order valence-electron chi connectivity index (χ1n) is 8.18. The Bertz CT molecular complexity index is 859. The molecule has 1 amide bonds. The molecular formula is C20H20N2O2S. The summed E-state index contributed by atoms with van der Waals surface area (Å²) in [5, 5.41) is 3.55. The lowest BCUT2D eigenvalue weighted by Gasteiger charge is -2.07. The number of ether oxygens (including phenoxy) is 1. The summed E-state index contributed by atoms with van der Waals surface area (Å²) >= 11 is 1.53. The lowest BCUT2D eigenvalue weighted by Crippen LogP contribution is -2.14. The monoisotopic (exact) mass is 352 g/mol. The van der Waals surface area contributed by atoms with Crippen LogP contribution in [-0.2, 0) is 17.6 Å². The minimum absolute atomic E-state index is 0.0967. The first-order valence-corrected chi connectivity index (χ1v) is 8.99. The van der Waals surface area contributed by atoms with Crippen molar-refractivity contribution >= 4 is 22.4 Å². The second kappa shape index (κ2) is 7.94. The van der Waals surface area contributed by atoms with E-state index >= 15 is 0 Å². The number of aryl methyl sites for hydroxylation is 1. The van der Waals surface area contributed by atoms with E-state index < -0.39 is 0 Å². The van der Waals surface area contributed by atoms with Crippen LogP contribution in [0.2, 0.25) is 0 Å². The molecule has 128 valence electrons. The summed E-state index contributed by atoms with van der Waals surface area (Å²) in [7, 11) is 1.61. The first-order chi connectivity index (χ1) is 12.2. The summed E-state index contributed by atoms with van der Waals surface area (Å²) in [5.74, 6) is 0.622. The minimum atomic E-state index is -0.0967. The van der Waals surface area contributed by atoms with Crippen LogP contribution in [-0.4, -0.2) is 18.0 Å². The maximum Gasteiger partial charge on any atom is 0.230 e. The lowest BCUT2D eigenvalue weighted by molar-refractivity contribution is -0.115. The van der Waals surface area contributed by atoms with Gasteiger partial charge in [-0.25, -0.2) is 4.98 Å². The Labute approximate surface area is 151 Å². The normalized spacial score (nSPS) is 10.5. The second-order valence-electron chi connectivity index (χ2n) is 5.55. The van der Waals surface area contributed by atoms with Crippen LogP contribution in [0, 0.1) is 0 Å². The fourth-order valence-electron chi connectivity index (χ4n) is 2.65. The van der Waals surface area contributed by atoms with Crippen LogP contribution in [0.25, 0.3) is 11.3 Å². The van der Waals surface area contributed by atoms with Crippen LogP contribution in [0.1, 0.15) is 17.4 Å². The third-order valence-corrected chi connectivity index (χ3v) is 4.97. The smallest absolute Gasteiger partial charge is 0.230 e. The predicted molar refractivity (Wildman–Crippen MR) is 102 cm³/mol. The summed E-state index contributed by atoms with van der Waals surface area (Å²) in [5.41, 5.74) is 2.87. The highest BCUT2D eigenvalue weighted by Gasteiger charge is 2.14. The summed E-state index contributed by atoms with van der Waals surface area (Å²) in [4.78, 5) is 18.2. The third-order valence-electron chi connectivity index (χ3n) is 3.86. The molecule has 4 nitrogen and oxygen atoms in total. The van der Waals surface area contributed by atoms with Crippen LogP contribution in [0.3, 0.4) is 0 Å². The van der Waals surface area contributed by atoms with Gasteiger partial charge in [-0.3, -0.25) is 4.79 Å². The van der Waals surface area contributed by atoms with Gasteiger partial charge >= 0.3 is 0 Å². The molecule has 0 atom stereocenters. The van der Waals surface area contributed by atoms with E-state index in [0.29, 0.717) is 5.13 Å². The SMILES string of the molecule is CCc1sc(NC(=O)Cc2ccccc2OC)nc1-c1ccccc1. The molecule has 0 spiro atoms. The second-order valence-corrected chi connectivity index (χ2v) is 6.63. The average molecular weight is 352 g/mol. The first kappa shape index (κ1) is 17.2. The molecule has 0 bridgehead atoms. The van der Waals surface area contributed by atoms with E-state index in [2.05, 4.69) is 17.2 Å². The van der Waals surface area contributed by atoms with E-state index in [-0.39, 0.29) is 12.3 Å². The molecule has 0 saturated carbocycles. The van der Waals surface area contributed by atoms with Gasteiger partial charge in [0.25, 0.3) is 0 Å². The summed E-state index contributed by atoms with van der Waals surface area (Å²) < 4.78 is 5.30. The molecule has 0 aliphatic rings. The molecule has 2 aromatic carbocycles. The molecule has 0 fully saturated rings. The van der Waals surface area contributed by atoms with Crippen molar-refractivity contribution in [3.8, 4) is 17.0 Å². The highest BCUT2D eigenvalue weighted by molar-refractivity contribution is 7.16. The number of para-hydroxylation sites is 1. The number of rotatable bonds is 6. The lowest BCUT2D eigenvalue weighted by atomic mass is 10.1. The van der Waals surface area contributed by atoms with Gasteiger partial charge in [-0.15, -0.1) is 11.3 Å². The predicted octanol–water partition coefficient (Wildman–Crippen LogP) is 4.56. The molecule has 3 rings (SSSR count). The molecule has 1 N–H and O–H groups in total. The van der Waals surface area contributed by atoms with Crippen molar-refractivity contribution in [1.29, 1.82) is 0 Å². The van der Waals surface area contributed by atoms with E-state index in [1.165, 1.54) is 16.2 Å². The number of hydrogen-bond acceptors (Lipinski definition) is 4. The molecule has 1 heterocycles. The zero-order valence-electron chi connectivity index (χ0n) is 14.3. The Balaban J connectivity index is 1.77. The van der Waals surface area contributed by atoms with Crippen LogP contribution in [0.5, 0.6) is 5.75 Å². The number of methoxy groups -OCH3 is 1. The zero-order valence-corrected chi connectivity index (χ0v) is 15.1. The van der Waals surface area contributed by atoms with Gasteiger partial charge in [-0.05, 0) is 12.5 Å². The number of nitrogens with zero attached hydrogens (tertiary/aromatic N) is 1. The van der Waals surface area contributed by atoms with Crippen molar-refractivity contribution in [2.45, 2.75) is 19.8 Å². The number of benzene rings is 2. The van der Waals surface area contributed by atoms with Crippen molar-refractivity contribution in [2.24, 2.45) is 0 Å². The number of anilines is 1. The standard InChI is InChI=1S/C20H20N2O2S/c1-3-17-19(14-9-5-4-6-10-14)22-20(25-17)21-18(23)13-15-11-7-8-12-16(15)24-2/h4-12H,3,13H2,1-2H3,(H,21,22,23). The number of carbonyl (C=O) groups is 1. The Morgan fingerprint density at radius 1 is 1.12 bits per heavy atom. The molecule has 0 aliphatic carbocycles. The maximum absolute atomic E-state index is 12.4. The maximum atomic E-state index is 12.4. The fraction of sp³-hybridized carbons (Fsp3) is 0.200. The van der Waals surface area contributed by atoms with Crippen molar-refractivity contribution < 1.29 is 9.53 Å². The number of nitrogens with one attached hydrogen (secondary N) is 1. The molecule has 0 aliphatic heterocycles. The van der Waals surface area contributed by atoms with Gasteiger partial charge in [0.05, 0.1) is 19.2 Å². The van der Waals surface area contributed by atoms with Gasteiger partial charge in [0.1, 0.15) is 5.75 Å². The number of aromatic nitrogens is 1.